The zero-order valence-electron chi connectivity index (χ0n) is 24.0. The van der Waals surface area contributed by atoms with Gasteiger partial charge in [0.05, 0.1) is 24.4 Å². The first-order valence-electron chi connectivity index (χ1n) is 14.2. The van der Waals surface area contributed by atoms with Crippen LogP contribution in [0.2, 0.25) is 0 Å². The Labute approximate surface area is 251 Å². The Bertz CT molecular complexity index is 1490. The minimum Gasteiger partial charge on any atom is -0.465 e. The maximum Gasteiger partial charge on any atom is 0.339 e. The Hall–Kier alpha value is -4.86. The van der Waals surface area contributed by atoms with E-state index in [1.807, 2.05) is 42.5 Å². The zero-order chi connectivity index (χ0) is 30.0. The molecule has 9 nitrogen and oxygen atoms in total. The van der Waals surface area contributed by atoms with Gasteiger partial charge in [0.1, 0.15) is 13.2 Å². The second kappa shape index (κ2) is 14.4. The van der Waals surface area contributed by atoms with Gasteiger partial charge >= 0.3 is 5.97 Å². The largest absolute Gasteiger partial charge is 0.465 e. The van der Waals surface area contributed by atoms with Crippen LogP contribution in [0.15, 0.2) is 103 Å². The number of benzene rings is 3. The number of hydrogen-bond acceptors (Lipinski definition) is 7. The predicted octanol–water partition coefficient (Wildman–Crippen LogP) is 4.42. The molecule has 0 bridgehead atoms. The number of anilines is 1. The molecule has 9 heteroatoms. The molecule has 0 spiro atoms. The topological polar surface area (TPSA) is 101 Å². The van der Waals surface area contributed by atoms with Gasteiger partial charge in [0.2, 0.25) is 11.8 Å². The molecule has 220 valence electrons. The highest BCUT2D eigenvalue weighted by atomic mass is 16.5. The lowest BCUT2D eigenvalue weighted by Gasteiger charge is -2.39. The predicted molar refractivity (Wildman–Crippen MR) is 163 cm³/mol. The maximum absolute atomic E-state index is 12.9. The van der Waals surface area contributed by atoms with Crippen molar-refractivity contribution in [1.82, 2.24) is 14.8 Å². The maximum atomic E-state index is 12.9. The van der Waals surface area contributed by atoms with Gasteiger partial charge in [-0.15, -0.1) is 0 Å². The fourth-order valence-electron chi connectivity index (χ4n) is 5.27. The molecule has 3 aromatic carbocycles. The van der Waals surface area contributed by atoms with Gasteiger partial charge in [-0.05, 0) is 34.9 Å². The highest BCUT2D eigenvalue weighted by Gasteiger charge is 2.28. The van der Waals surface area contributed by atoms with Crippen molar-refractivity contribution in [1.29, 1.82) is 0 Å². The SMILES string of the molecule is COC(=O)c1cc(-c2cccnc2)ccc1NC(=O)COCC(=O)N1CCN(C(c2ccccc2)c2ccccc2)CC1. The van der Waals surface area contributed by atoms with Gasteiger partial charge < -0.3 is 19.7 Å². The minimum atomic E-state index is -0.585. The third-order valence-corrected chi connectivity index (χ3v) is 7.42. The molecule has 2 amide bonds. The Kier molecular flexibility index (Phi) is 9.89. The van der Waals surface area contributed by atoms with Crippen molar-refractivity contribution in [3.63, 3.8) is 0 Å². The summed E-state index contributed by atoms with van der Waals surface area (Å²) in [4.78, 5) is 46.2. The first-order valence-corrected chi connectivity index (χ1v) is 14.2. The fraction of sp³-hybridized carbons (Fsp3) is 0.235. The number of piperazine rings is 1. The molecule has 1 aliphatic rings. The molecular weight excluding hydrogens is 544 g/mol. The number of nitrogens with zero attached hydrogens (tertiary/aromatic N) is 3. The molecule has 0 aliphatic carbocycles. The first-order chi connectivity index (χ1) is 21.0. The molecule has 1 N–H and O–H groups in total. The van der Waals surface area contributed by atoms with Crippen molar-refractivity contribution in [2.75, 3.05) is 51.8 Å². The summed E-state index contributed by atoms with van der Waals surface area (Å²) in [5.74, 6) is -1.23. The van der Waals surface area contributed by atoms with Crippen LogP contribution in [0.5, 0.6) is 0 Å². The van der Waals surface area contributed by atoms with Crippen LogP contribution in [0.3, 0.4) is 0 Å². The Balaban J connectivity index is 1.13. The van der Waals surface area contributed by atoms with Crippen LogP contribution in [0, 0.1) is 0 Å². The van der Waals surface area contributed by atoms with Crippen LogP contribution in [-0.4, -0.2) is 79.1 Å². The van der Waals surface area contributed by atoms with Gasteiger partial charge in [-0.3, -0.25) is 19.5 Å². The summed E-state index contributed by atoms with van der Waals surface area (Å²) in [6.07, 6.45) is 3.35. The lowest BCUT2D eigenvalue weighted by molar-refractivity contribution is -0.139. The molecule has 0 radical (unpaired) electrons. The number of pyridine rings is 1. The number of amides is 2. The van der Waals surface area contributed by atoms with Gasteiger partial charge in [0.25, 0.3) is 0 Å². The number of carbonyl (C=O) groups excluding carboxylic acids is 3. The molecule has 5 rings (SSSR count). The third-order valence-electron chi connectivity index (χ3n) is 7.42. The number of aromatic nitrogens is 1. The van der Waals surface area contributed by atoms with E-state index < -0.39 is 11.9 Å². The second-order valence-electron chi connectivity index (χ2n) is 10.2. The molecule has 1 aliphatic heterocycles. The van der Waals surface area contributed by atoms with E-state index >= 15 is 0 Å². The van der Waals surface area contributed by atoms with Crippen LogP contribution in [0.1, 0.15) is 27.5 Å². The molecule has 1 aromatic heterocycles. The number of methoxy groups -OCH3 is 1. The Morgan fingerprint density at radius 3 is 2.09 bits per heavy atom. The summed E-state index contributed by atoms with van der Waals surface area (Å²) in [5, 5.41) is 2.70. The molecule has 0 atom stereocenters. The molecule has 0 unspecified atom stereocenters. The van der Waals surface area contributed by atoms with Crippen LogP contribution in [0.25, 0.3) is 11.1 Å². The standard InChI is InChI=1S/C34H34N4O5/c1-42-34(41)29-21-27(28-13-8-16-35-22-28)14-15-30(29)36-31(39)23-43-24-32(40)37-17-19-38(20-18-37)33(25-9-4-2-5-10-25)26-11-6-3-7-12-26/h2-16,21-22,33H,17-20,23-24H2,1H3,(H,36,39). The zero-order valence-corrected chi connectivity index (χ0v) is 24.0. The lowest BCUT2D eigenvalue weighted by Crippen LogP contribution is -2.50. The van der Waals surface area contributed by atoms with E-state index in [0.29, 0.717) is 31.9 Å². The fourth-order valence-corrected chi connectivity index (χ4v) is 5.27. The molecular formula is C34H34N4O5. The number of rotatable bonds is 10. The summed E-state index contributed by atoms with van der Waals surface area (Å²) < 4.78 is 10.4. The smallest absolute Gasteiger partial charge is 0.339 e. The van der Waals surface area contributed by atoms with Crippen LogP contribution < -0.4 is 5.32 Å². The normalized spacial score (nSPS) is 13.5. The highest BCUT2D eigenvalue weighted by Crippen LogP contribution is 2.29. The Morgan fingerprint density at radius 1 is 0.814 bits per heavy atom. The van der Waals surface area contributed by atoms with Gasteiger partial charge in [-0.2, -0.15) is 0 Å². The number of esters is 1. The lowest BCUT2D eigenvalue weighted by atomic mass is 9.96. The molecule has 0 saturated carbocycles. The first kappa shape index (κ1) is 29.6. The monoisotopic (exact) mass is 578 g/mol. The van der Waals surface area contributed by atoms with E-state index in [1.54, 1.807) is 41.6 Å². The Morgan fingerprint density at radius 2 is 1.49 bits per heavy atom. The summed E-state index contributed by atoms with van der Waals surface area (Å²) in [7, 11) is 1.28. The van der Waals surface area contributed by atoms with Crippen molar-refractivity contribution in [2.24, 2.45) is 0 Å². The van der Waals surface area contributed by atoms with Crippen molar-refractivity contribution in [2.45, 2.75) is 6.04 Å². The second-order valence-corrected chi connectivity index (χ2v) is 10.2. The van der Waals surface area contributed by atoms with Crippen LogP contribution >= 0.6 is 0 Å². The summed E-state index contributed by atoms with van der Waals surface area (Å²) >= 11 is 0. The van der Waals surface area contributed by atoms with E-state index in [2.05, 4.69) is 39.5 Å². The molecule has 2 heterocycles. The van der Waals surface area contributed by atoms with Crippen molar-refractivity contribution >= 4 is 23.5 Å². The van der Waals surface area contributed by atoms with Gasteiger partial charge in [-0.1, -0.05) is 72.8 Å². The van der Waals surface area contributed by atoms with E-state index in [1.165, 1.54) is 18.2 Å². The highest BCUT2D eigenvalue weighted by molar-refractivity contribution is 6.02. The van der Waals surface area contributed by atoms with Crippen molar-refractivity contribution in [3.8, 4) is 11.1 Å². The molecule has 4 aromatic rings. The van der Waals surface area contributed by atoms with E-state index in [4.69, 9.17) is 9.47 Å². The quantitative estimate of drug-likeness (QED) is 0.278. The number of ether oxygens (including phenoxy) is 2. The van der Waals surface area contributed by atoms with Gasteiger partial charge in [0.15, 0.2) is 0 Å². The minimum absolute atomic E-state index is 0.105. The van der Waals surface area contributed by atoms with Crippen LogP contribution in [-0.2, 0) is 19.1 Å². The van der Waals surface area contributed by atoms with E-state index in [9.17, 15) is 14.4 Å². The number of nitrogens with one attached hydrogen (secondary N) is 1. The van der Waals surface area contributed by atoms with Crippen molar-refractivity contribution < 1.29 is 23.9 Å². The van der Waals surface area contributed by atoms with Gasteiger partial charge in [-0.25, -0.2) is 4.79 Å². The van der Waals surface area contributed by atoms with E-state index in [0.717, 1.165) is 11.1 Å². The van der Waals surface area contributed by atoms with E-state index in [-0.39, 0.29) is 30.7 Å². The molecule has 1 saturated heterocycles. The summed E-state index contributed by atoms with van der Waals surface area (Å²) in [5.41, 5.74) is 4.50. The molecule has 43 heavy (non-hydrogen) atoms. The van der Waals surface area contributed by atoms with Crippen LogP contribution in [0.4, 0.5) is 5.69 Å². The average molecular weight is 579 g/mol. The van der Waals surface area contributed by atoms with Gasteiger partial charge in [0, 0.05) is 44.1 Å². The average Bonchev–Trinajstić information content (AvgIpc) is 3.06. The summed E-state index contributed by atoms with van der Waals surface area (Å²) in [6.45, 7) is 2.02. The third kappa shape index (κ3) is 7.51. The van der Waals surface area contributed by atoms with Crippen molar-refractivity contribution in [3.05, 3.63) is 120 Å². The number of hydrogen-bond donors (Lipinski definition) is 1. The molecule has 1 fully saturated rings. The number of carbonyl (C=O) groups is 3. The summed E-state index contributed by atoms with van der Waals surface area (Å²) in [6, 6.07) is 29.6.